The normalized spacial score (nSPS) is 11.1. The van der Waals surface area contributed by atoms with Crippen LogP contribution in [0, 0.1) is 10.1 Å². The molecule has 1 aromatic heterocycles. The molecule has 0 unspecified atom stereocenters. The van der Waals surface area contributed by atoms with Crippen LogP contribution in [0.4, 0.5) is 5.69 Å². The molecule has 0 aliphatic carbocycles. The van der Waals surface area contributed by atoms with Crippen molar-refractivity contribution in [2.75, 3.05) is 0 Å². The number of hydrogen-bond acceptors (Lipinski definition) is 5. The number of non-ortho nitro benzene ring substituents is 1. The Kier molecular flexibility index (Phi) is 4.53. The first-order valence-corrected chi connectivity index (χ1v) is 7.40. The molecular weight excluding hydrogens is 324 g/mol. The zero-order valence-corrected chi connectivity index (χ0v) is 13.0. The summed E-state index contributed by atoms with van der Waals surface area (Å²) in [6.45, 7) is 0. The Bertz CT molecular complexity index is 960. The third-order valence-electron chi connectivity index (χ3n) is 3.63. The second kappa shape index (κ2) is 6.93. The monoisotopic (exact) mass is 338 g/mol. The number of nitrogens with zero attached hydrogens (tertiary/aromatic N) is 2. The van der Waals surface area contributed by atoms with Crippen LogP contribution in [0.25, 0.3) is 17.1 Å². The van der Waals surface area contributed by atoms with E-state index in [2.05, 4.69) is 9.97 Å². The predicted octanol–water partition coefficient (Wildman–Crippen LogP) is 2.58. The van der Waals surface area contributed by atoms with E-state index in [0.29, 0.717) is 23.3 Å². The molecule has 1 heterocycles. The van der Waals surface area contributed by atoms with Crippen LogP contribution in [-0.2, 0) is 11.2 Å². The highest BCUT2D eigenvalue weighted by Crippen LogP contribution is 2.24. The van der Waals surface area contributed by atoms with Crippen LogP contribution in [-0.4, -0.2) is 26.0 Å². The van der Waals surface area contributed by atoms with E-state index in [0.717, 1.165) is 11.1 Å². The molecule has 0 saturated carbocycles. The van der Waals surface area contributed by atoms with Crippen molar-refractivity contribution in [3.63, 3.8) is 0 Å². The maximum absolute atomic E-state index is 11.1. The first-order chi connectivity index (χ1) is 12.1. The quantitative estimate of drug-likeness (QED) is 0.286. The molecule has 3 rings (SSSR count). The van der Waals surface area contributed by atoms with Crippen molar-refractivity contribution < 1.29 is 14.9 Å². The summed E-state index contributed by atoms with van der Waals surface area (Å²) in [5, 5.41) is 19.5. The molecular formula is C17H14N4O4. The topological polar surface area (TPSA) is 121 Å². The molecule has 25 heavy (non-hydrogen) atoms. The van der Waals surface area contributed by atoms with Gasteiger partial charge in [0, 0.05) is 18.6 Å². The number of nitrogens with one attached hydrogen (secondary N) is 2. The van der Waals surface area contributed by atoms with Crippen molar-refractivity contribution in [2.45, 2.75) is 6.42 Å². The van der Waals surface area contributed by atoms with Crippen molar-refractivity contribution in [1.29, 1.82) is 0 Å². The number of aromatic nitrogens is 2. The van der Waals surface area contributed by atoms with E-state index < -0.39 is 10.8 Å². The number of aromatic amines is 1. The number of fused-ring (bicyclic) bond motifs is 1. The van der Waals surface area contributed by atoms with Crippen LogP contribution in [0.5, 0.6) is 0 Å². The number of hydroxylamine groups is 1. The minimum Gasteiger partial charge on any atom is -0.336 e. The third kappa shape index (κ3) is 3.70. The van der Waals surface area contributed by atoms with Crippen LogP contribution >= 0.6 is 0 Å². The van der Waals surface area contributed by atoms with Crippen molar-refractivity contribution >= 4 is 28.7 Å². The molecule has 2 aromatic carbocycles. The highest BCUT2D eigenvalue weighted by atomic mass is 16.6. The smallest absolute Gasteiger partial charge is 0.294 e. The van der Waals surface area contributed by atoms with Gasteiger partial charge in [0.25, 0.3) is 11.6 Å². The number of benzene rings is 2. The van der Waals surface area contributed by atoms with Gasteiger partial charge in [0.1, 0.15) is 11.3 Å². The molecule has 0 saturated heterocycles. The van der Waals surface area contributed by atoms with E-state index in [1.165, 1.54) is 17.6 Å². The molecule has 0 bridgehead atoms. The molecule has 0 aliphatic heterocycles. The molecule has 0 radical (unpaired) electrons. The second-order valence-corrected chi connectivity index (χ2v) is 5.34. The van der Waals surface area contributed by atoms with Gasteiger partial charge in [0.15, 0.2) is 0 Å². The van der Waals surface area contributed by atoms with Gasteiger partial charge in [-0.05, 0) is 23.3 Å². The average Bonchev–Trinajstić information content (AvgIpc) is 3.02. The second-order valence-electron chi connectivity index (χ2n) is 5.34. The van der Waals surface area contributed by atoms with Crippen LogP contribution in [0.15, 0.2) is 48.5 Å². The summed E-state index contributed by atoms with van der Waals surface area (Å²) in [4.78, 5) is 29.0. The summed E-state index contributed by atoms with van der Waals surface area (Å²) in [7, 11) is 0. The number of carbonyl (C=O) groups is 1. The number of carbonyl (C=O) groups excluding carboxylic acids is 1. The van der Waals surface area contributed by atoms with Gasteiger partial charge in [-0.1, -0.05) is 30.3 Å². The molecule has 3 aromatic rings. The van der Waals surface area contributed by atoms with Gasteiger partial charge in [0.05, 0.1) is 10.4 Å². The molecule has 0 aliphatic rings. The number of imidazole rings is 1. The Morgan fingerprint density at radius 1 is 1.28 bits per heavy atom. The lowest BCUT2D eigenvalue weighted by molar-refractivity contribution is -0.383. The van der Waals surface area contributed by atoms with Crippen LogP contribution in [0.2, 0.25) is 0 Å². The molecule has 1 amide bonds. The number of rotatable bonds is 5. The molecule has 3 N–H and O–H groups in total. The number of amides is 1. The van der Waals surface area contributed by atoms with E-state index >= 15 is 0 Å². The summed E-state index contributed by atoms with van der Waals surface area (Å²) in [6, 6.07) is 12.2. The summed E-state index contributed by atoms with van der Waals surface area (Å²) in [5.74, 6) is 0.0280. The van der Waals surface area contributed by atoms with Crippen LogP contribution < -0.4 is 5.48 Å². The first kappa shape index (κ1) is 16.3. The number of H-pyrrole nitrogens is 1. The summed E-state index contributed by atoms with van der Waals surface area (Å²) >= 11 is 0. The van der Waals surface area contributed by atoms with Gasteiger partial charge in [-0.15, -0.1) is 0 Å². The number of hydrogen-bond donors (Lipinski definition) is 3. The number of para-hydroxylation sites is 1. The molecule has 8 heteroatoms. The van der Waals surface area contributed by atoms with Crippen molar-refractivity contribution in [1.82, 2.24) is 15.4 Å². The van der Waals surface area contributed by atoms with E-state index in [9.17, 15) is 14.9 Å². The highest BCUT2D eigenvalue weighted by Gasteiger charge is 2.15. The van der Waals surface area contributed by atoms with E-state index in [1.807, 2.05) is 24.3 Å². The lowest BCUT2D eigenvalue weighted by atomic mass is 10.1. The maximum atomic E-state index is 11.1. The summed E-state index contributed by atoms with van der Waals surface area (Å²) in [6.07, 6.45) is 3.28. The lowest BCUT2D eigenvalue weighted by Crippen LogP contribution is -2.14. The first-order valence-electron chi connectivity index (χ1n) is 7.40. The van der Waals surface area contributed by atoms with Gasteiger partial charge in [-0.25, -0.2) is 10.5 Å². The van der Waals surface area contributed by atoms with Crippen LogP contribution in [0.3, 0.4) is 0 Å². The summed E-state index contributed by atoms with van der Waals surface area (Å²) < 4.78 is 0. The van der Waals surface area contributed by atoms with Crippen LogP contribution in [0.1, 0.15) is 17.0 Å². The Morgan fingerprint density at radius 2 is 2.04 bits per heavy atom. The fourth-order valence-corrected chi connectivity index (χ4v) is 2.45. The Morgan fingerprint density at radius 3 is 2.72 bits per heavy atom. The molecule has 0 atom stereocenters. The SMILES string of the molecule is O=C(/C=C/c1ccc(Cc2nc3cccc([N+](=O)[O-])c3[nH]2)cc1)NO. The largest absolute Gasteiger partial charge is 0.336 e. The number of nitro benzene ring substituents is 1. The number of nitro groups is 1. The molecule has 8 nitrogen and oxygen atoms in total. The van der Waals surface area contributed by atoms with Crippen molar-refractivity contribution in [3.8, 4) is 0 Å². The molecule has 0 fully saturated rings. The minimum atomic E-state index is -0.604. The fourth-order valence-electron chi connectivity index (χ4n) is 2.45. The maximum Gasteiger partial charge on any atom is 0.294 e. The minimum absolute atomic E-state index is 0.00102. The van der Waals surface area contributed by atoms with E-state index in [1.54, 1.807) is 18.2 Å². The average molecular weight is 338 g/mol. The van der Waals surface area contributed by atoms with E-state index in [-0.39, 0.29) is 5.69 Å². The molecule has 0 spiro atoms. The fraction of sp³-hybridized carbons (Fsp3) is 0.0588. The standard InChI is InChI=1S/C17H14N4O4/c22-16(20-23)9-8-11-4-6-12(7-5-11)10-15-18-13-2-1-3-14(21(24)25)17(13)19-15/h1-9,23H,10H2,(H,18,19)(H,20,22)/b9-8+. The Hall–Kier alpha value is -3.52. The van der Waals surface area contributed by atoms with Gasteiger partial charge in [-0.2, -0.15) is 0 Å². The van der Waals surface area contributed by atoms with Crippen molar-refractivity contribution in [2.24, 2.45) is 0 Å². The van der Waals surface area contributed by atoms with Gasteiger partial charge in [0.2, 0.25) is 0 Å². The van der Waals surface area contributed by atoms with Gasteiger partial charge >= 0.3 is 0 Å². The Labute approximate surface area is 141 Å². The zero-order valence-electron chi connectivity index (χ0n) is 13.0. The predicted molar refractivity (Wildman–Crippen MR) is 91.0 cm³/mol. The third-order valence-corrected chi connectivity index (χ3v) is 3.63. The Balaban J connectivity index is 1.79. The van der Waals surface area contributed by atoms with Gasteiger partial charge < -0.3 is 4.98 Å². The zero-order chi connectivity index (χ0) is 17.8. The highest BCUT2D eigenvalue weighted by molar-refractivity contribution is 5.90. The lowest BCUT2D eigenvalue weighted by Gasteiger charge is -1.99. The van der Waals surface area contributed by atoms with Gasteiger partial charge in [-0.3, -0.25) is 20.1 Å². The molecule has 126 valence electrons. The van der Waals surface area contributed by atoms with Crippen molar-refractivity contribution in [3.05, 3.63) is 75.6 Å². The summed E-state index contributed by atoms with van der Waals surface area (Å²) in [5.41, 5.74) is 4.25. The van der Waals surface area contributed by atoms with E-state index in [4.69, 9.17) is 5.21 Å².